The van der Waals surface area contributed by atoms with Gasteiger partial charge in [0.25, 0.3) is 0 Å². The van der Waals surface area contributed by atoms with Gasteiger partial charge < -0.3 is 0 Å². The molecule has 0 saturated heterocycles. The first-order valence-corrected chi connectivity index (χ1v) is 7.60. The Labute approximate surface area is 103 Å². The van der Waals surface area contributed by atoms with Gasteiger partial charge in [0.2, 0.25) is 0 Å². The SMILES string of the molecule is Cc1ncsc1CCNC(=O)C[CH2][Po]. The van der Waals surface area contributed by atoms with E-state index < -0.39 is 0 Å². The van der Waals surface area contributed by atoms with Gasteiger partial charge in [-0.25, -0.2) is 0 Å². The van der Waals surface area contributed by atoms with Crippen LogP contribution in [0.2, 0.25) is 4.08 Å². The van der Waals surface area contributed by atoms with Gasteiger partial charge in [-0.15, -0.1) is 0 Å². The number of thiazole rings is 1. The van der Waals surface area contributed by atoms with E-state index in [1.165, 1.54) is 29.9 Å². The topological polar surface area (TPSA) is 42.0 Å². The molecular formula is C9H13N2OPoS. The van der Waals surface area contributed by atoms with Crippen molar-refractivity contribution in [1.82, 2.24) is 10.3 Å². The molecule has 1 aromatic rings. The summed E-state index contributed by atoms with van der Waals surface area (Å²) in [5, 5.41) is 2.90. The molecule has 1 N–H and O–H groups in total. The number of rotatable bonds is 5. The van der Waals surface area contributed by atoms with Crippen LogP contribution in [-0.2, 0) is 11.2 Å². The Balaban J connectivity index is 2.22. The van der Waals surface area contributed by atoms with Crippen molar-refractivity contribution < 1.29 is 4.79 Å². The van der Waals surface area contributed by atoms with E-state index in [1.807, 2.05) is 12.4 Å². The van der Waals surface area contributed by atoms with Gasteiger partial charge >= 0.3 is 104 Å². The van der Waals surface area contributed by atoms with Crippen LogP contribution >= 0.6 is 11.3 Å². The summed E-state index contributed by atoms with van der Waals surface area (Å²) in [6.45, 7) is 2.74. The second-order valence-corrected chi connectivity index (χ2v) is 5.44. The minimum atomic E-state index is 0.169. The molecule has 0 aliphatic rings. The zero-order chi connectivity index (χ0) is 10.4. The standard InChI is InChI=1S/C9H13N2OS.Po/c1-3-9(12)10-5-4-8-7(2)11-6-13-8;/h6H,1,3-5H2,2H3,(H,10,12);. The van der Waals surface area contributed by atoms with Crippen LogP contribution < -0.4 is 5.32 Å². The summed E-state index contributed by atoms with van der Waals surface area (Å²) >= 11 is 3.12. The monoisotopic (exact) mass is 406 g/mol. The third-order valence-corrected chi connectivity index (χ3v) is 3.64. The van der Waals surface area contributed by atoms with Gasteiger partial charge in [-0.2, -0.15) is 0 Å². The molecule has 1 aromatic heterocycles. The van der Waals surface area contributed by atoms with E-state index in [-0.39, 0.29) is 5.91 Å². The number of carbonyl (C=O) groups excluding carboxylic acids is 1. The van der Waals surface area contributed by atoms with Gasteiger partial charge in [-0.1, -0.05) is 0 Å². The van der Waals surface area contributed by atoms with Crippen molar-refractivity contribution in [3.8, 4) is 0 Å². The number of hydrogen-bond acceptors (Lipinski definition) is 3. The first kappa shape index (κ1) is 12.1. The van der Waals surface area contributed by atoms with Crippen LogP contribution in [0.4, 0.5) is 0 Å². The van der Waals surface area contributed by atoms with E-state index in [0.29, 0.717) is 6.42 Å². The second kappa shape index (κ2) is 6.47. The van der Waals surface area contributed by atoms with Crippen LogP contribution in [0.5, 0.6) is 0 Å². The van der Waals surface area contributed by atoms with E-state index >= 15 is 0 Å². The molecule has 0 bridgehead atoms. The molecule has 1 rings (SSSR count). The second-order valence-electron chi connectivity index (χ2n) is 2.92. The van der Waals surface area contributed by atoms with Gasteiger partial charge in [-0.3, -0.25) is 0 Å². The van der Waals surface area contributed by atoms with Crippen LogP contribution in [-0.4, -0.2) is 42.5 Å². The first-order valence-electron chi connectivity index (χ1n) is 4.48. The third kappa shape index (κ3) is 4.02. The van der Waals surface area contributed by atoms with Crippen molar-refractivity contribution in [2.24, 2.45) is 0 Å². The predicted octanol–water partition coefficient (Wildman–Crippen LogP) is 1.09. The van der Waals surface area contributed by atoms with Gasteiger partial charge in [-0.05, 0) is 0 Å². The first-order chi connectivity index (χ1) is 6.74. The number of amides is 1. The Kier molecular flexibility index (Phi) is 5.58. The molecule has 1 amide bonds. The summed E-state index contributed by atoms with van der Waals surface area (Å²) in [6, 6.07) is 0. The summed E-state index contributed by atoms with van der Waals surface area (Å²) in [7, 11) is 0. The molecule has 14 heavy (non-hydrogen) atoms. The quantitative estimate of drug-likeness (QED) is 0.796. The molecule has 1 heterocycles. The van der Waals surface area contributed by atoms with Gasteiger partial charge in [0, 0.05) is 0 Å². The Morgan fingerprint density at radius 2 is 2.50 bits per heavy atom. The fourth-order valence-electron chi connectivity index (χ4n) is 1.06. The van der Waals surface area contributed by atoms with Crippen molar-refractivity contribution in [3.63, 3.8) is 0 Å². The number of nitrogens with one attached hydrogen (secondary N) is 1. The number of carbonyl (C=O) groups is 1. The molecule has 0 unspecified atom stereocenters. The number of aromatic nitrogens is 1. The fraction of sp³-hybridized carbons (Fsp3) is 0.556. The summed E-state index contributed by atoms with van der Waals surface area (Å²) < 4.78 is 0.991. The summed E-state index contributed by atoms with van der Waals surface area (Å²) in [6.07, 6.45) is 1.57. The van der Waals surface area contributed by atoms with E-state index in [2.05, 4.69) is 10.3 Å². The van der Waals surface area contributed by atoms with E-state index in [4.69, 9.17) is 0 Å². The Morgan fingerprint density at radius 1 is 1.71 bits per heavy atom. The summed E-state index contributed by atoms with van der Waals surface area (Å²) in [4.78, 5) is 16.6. The molecule has 0 aromatic carbocycles. The van der Waals surface area contributed by atoms with Crippen molar-refractivity contribution in [2.45, 2.75) is 23.8 Å². The van der Waals surface area contributed by atoms with Crippen molar-refractivity contribution in [1.29, 1.82) is 0 Å². The molecule has 0 aliphatic carbocycles. The number of aryl methyl sites for hydroxylation is 1. The average Bonchev–Trinajstić information content (AvgIpc) is 2.52. The van der Waals surface area contributed by atoms with E-state index in [1.54, 1.807) is 11.3 Å². The normalized spacial score (nSPS) is 10.1. The van der Waals surface area contributed by atoms with Crippen molar-refractivity contribution in [2.75, 3.05) is 6.54 Å². The molecule has 0 aliphatic heterocycles. The average molecular weight is 406 g/mol. The molecule has 3 nitrogen and oxygen atoms in total. The van der Waals surface area contributed by atoms with E-state index in [9.17, 15) is 4.79 Å². The zero-order valence-corrected chi connectivity index (χ0v) is 12.1. The van der Waals surface area contributed by atoms with Gasteiger partial charge in [0.05, 0.1) is 0 Å². The maximum atomic E-state index is 11.1. The predicted molar refractivity (Wildman–Crippen MR) is 58.7 cm³/mol. The molecule has 0 atom stereocenters. The van der Waals surface area contributed by atoms with Gasteiger partial charge in [0.1, 0.15) is 0 Å². The minimum absolute atomic E-state index is 0.169. The number of nitrogens with zero attached hydrogens (tertiary/aromatic N) is 1. The summed E-state index contributed by atoms with van der Waals surface area (Å²) in [5.74, 6) is 0.169. The van der Waals surface area contributed by atoms with Crippen molar-refractivity contribution in [3.05, 3.63) is 16.1 Å². The van der Waals surface area contributed by atoms with Crippen LogP contribution in [0.3, 0.4) is 0 Å². The van der Waals surface area contributed by atoms with Crippen LogP contribution in [0.25, 0.3) is 0 Å². The molecule has 0 fully saturated rings. The zero-order valence-electron chi connectivity index (χ0n) is 8.08. The Bertz CT molecular complexity index is 301. The Hall–Kier alpha value is -0.00390. The van der Waals surface area contributed by atoms with Crippen LogP contribution in [0.1, 0.15) is 17.0 Å². The van der Waals surface area contributed by atoms with Crippen LogP contribution in [0.15, 0.2) is 5.51 Å². The summed E-state index contributed by atoms with van der Waals surface area (Å²) in [5.41, 5.74) is 2.94. The molecule has 0 saturated carbocycles. The van der Waals surface area contributed by atoms with Crippen LogP contribution in [0, 0.1) is 6.92 Å². The molecule has 5 heteroatoms. The molecule has 1 radical (unpaired) electrons. The molecule has 77 valence electrons. The number of hydrogen-bond donors (Lipinski definition) is 1. The molecular weight excluding hydrogens is 393 g/mol. The van der Waals surface area contributed by atoms with E-state index in [0.717, 1.165) is 22.7 Å². The third-order valence-electron chi connectivity index (χ3n) is 1.85. The van der Waals surface area contributed by atoms with Crippen molar-refractivity contribution >= 4 is 42.3 Å². The van der Waals surface area contributed by atoms with Gasteiger partial charge in [0.15, 0.2) is 0 Å². The maximum absolute atomic E-state index is 11.1. The molecule has 0 spiro atoms. The fourth-order valence-corrected chi connectivity index (χ4v) is 2.56. The Morgan fingerprint density at radius 3 is 3.07 bits per heavy atom.